The number of carbonyl (C=O) groups is 2. The van der Waals surface area contributed by atoms with Gasteiger partial charge in [-0.3, -0.25) is 14.5 Å². The highest BCUT2D eigenvalue weighted by Crippen LogP contribution is 2.45. The normalized spacial score (nSPS) is 17.4. The second-order valence-electron chi connectivity index (χ2n) is 8.83. The minimum atomic E-state index is -0.836. The Balaban J connectivity index is 1.65. The van der Waals surface area contributed by atoms with Crippen molar-refractivity contribution in [3.8, 4) is 5.75 Å². The van der Waals surface area contributed by atoms with E-state index in [1.165, 1.54) is 4.90 Å². The maximum atomic E-state index is 13.6. The molecule has 1 amide bonds. The molecule has 1 atom stereocenters. The Labute approximate surface area is 206 Å². The Kier molecular flexibility index (Phi) is 4.93. The van der Waals surface area contributed by atoms with Gasteiger partial charge in [0.05, 0.1) is 18.7 Å². The monoisotopic (exact) mass is 477 g/mol. The third-order valence-corrected chi connectivity index (χ3v) is 6.84. The number of carbonyl (C=O) groups excluding carboxylic acids is 2. The first-order chi connectivity index (χ1) is 17.5. The van der Waals surface area contributed by atoms with E-state index in [0.717, 1.165) is 27.4 Å². The SMILES string of the molecule is COc1cccc(N2C(=O)C(=O)/C(=C(/O)c3c[nH]c4ccccc34)C2c2cn(C)c3ccccc23)c1. The van der Waals surface area contributed by atoms with E-state index in [1.54, 1.807) is 37.6 Å². The van der Waals surface area contributed by atoms with Crippen LogP contribution in [0.4, 0.5) is 5.69 Å². The molecule has 3 aromatic carbocycles. The molecule has 6 rings (SSSR count). The lowest BCUT2D eigenvalue weighted by atomic mass is 9.94. The van der Waals surface area contributed by atoms with Gasteiger partial charge in [0, 0.05) is 64.1 Å². The standard InChI is InChI=1S/C29H23N3O4/c1-31-16-22(20-11-4-6-13-24(20)31)26-25(27(33)21-15-30-23-12-5-3-10-19(21)23)28(34)29(35)32(26)17-8-7-9-18(14-17)36-2/h3-16,26,30,33H,1-2H3/b27-25+. The van der Waals surface area contributed by atoms with Crippen molar-refractivity contribution < 1.29 is 19.4 Å². The molecular weight excluding hydrogens is 454 g/mol. The molecule has 1 fully saturated rings. The molecule has 178 valence electrons. The first-order valence-electron chi connectivity index (χ1n) is 11.5. The quantitative estimate of drug-likeness (QED) is 0.209. The molecule has 1 unspecified atom stereocenters. The van der Waals surface area contributed by atoms with Crippen LogP contribution < -0.4 is 9.64 Å². The van der Waals surface area contributed by atoms with E-state index in [2.05, 4.69) is 4.98 Å². The average Bonchev–Trinajstić information content (AvgIpc) is 3.56. The van der Waals surface area contributed by atoms with Crippen LogP contribution in [-0.2, 0) is 16.6 Å². The molecule has 0 saturated carbocycles. The average molecular weight is 478 g/mol. The second-order valence-corrected chi connectivity index (χ2v) is 8.83. The number of aryl methyl sites for hydroxylation is 1. The molecule has 1 saturated heterocycles. The number of nitrogens with one attached hydrogen (secondary N) is 1. The molecule has 36 heavy (non-hydrogen) atoms. The molecule has 5 aromatic rings. The molecule has 0 spiro atoms. The number of hydrogen-bond donors (Lipinski definition) is 2. The van der Waals surface area contributed by atoms with Gasteiger partial charge in [-0.1, -0.05) is 42.5 Å². The Bertz CT molecular complexity index is 1710. The molecule has 0 bridgehead atoms. The van der Waals surface area contributed by atoms with E-state index in [4.69, 9.17) is 4.74 Å². The summed E-state index contributed by atoms with van der Waals surface area (Å²) in [6, 6.07) is 21.5. The van der Waals surface area contributed by atoms with E-state index in [-0.39, 0.29) is 11.3 Å². The summed E-state index contributed by atoms with van der Waals surface area (Å²) in [6.45, 7) is 0. The predicted molar refractivity (Wildman–Crippen MR) is 139 cm³/mol. The van der Waals surface area contributed by atoms with Gasteiger partial charge in [-0.2, -0.15) is 0 Å². The van der Waals surface area contributed by atoms with Gasteiger partial charge in [0.15, 0.2) is 0 Å². The summed E-state index contributed by atoms with van der Waals surface area (Å²) in [7, 11) is 3.47. The Morgan fingerprint density at radius 2 is 1.72 bits per heavy atom. The van der Waals surface area contributed by atoms with Crippen LogP contribution in [0.1, 0.15) is 17.2 Å². The maximum Gasteiger partial charge on any atom is 0.300 e. The number of hydrogen-bond acceptors (Lipinski definition) is 4. The third-order valence-electron chi connectivity index (χ3n) is 6.84. The van der Waals surface area contributed by atoms with Crippen molar-refractivity contribution in [3.05, 3.63) is 102 Å². The molecule has 7 nitrogen and oxygen atoms in total. The Morgan fingerprint density at radius 1 is 0.972 bits per heavy atom. The minimum absolute atomic E-state index is 0.0453. The van der Waals surface area contributed by atoms with E-state index < -0.39 is 17.7 Å². The van der Waals surface area contributed by atoms with E-state index in [0.29, 0.717) is 17.0 Å². The molecule has 2 N–H and O–H groups in total. The van der Waals surface area contributed by atoms with Gasteiger partial charge in [0.25, 0.3) is 11.7 Å². The summed E-state index contributed by atoms with van der Waals surface area (Å²) < 4.78 is 7.34. The number of ketones is 1. The highest BCUT2D eigenvalue weighted by molar-refractivity contribution is 6.52. The lowest BCUT2D eigenvalue weighted by Gasteiger charge is -2.25. The number of H-pyrrole nitrogens is 1. The number of ether oxygens (including phenoxy) is 1. The fraction of sp³-hybridized carbons (Fsp3) is 0.103. The van der Waals surface area contributed by atoms with Crippen molar-refractivity contribution in [2.45, 2.75) is 6.04 Å². The van der Waals surface area contributed by atoms with Gasteiger partial charge in [-0.15, -0.1) is 0 Å². The number of rotatable bonds is 4. The molecule has 1 aliphatic rings. The van der Waals surface area contributed by atoms with Crippen LogP contribution in [0.3, 0.4) is 0 Å². The highest BCUT2D eigenvalue weighted by Gasteiger charge is 2.48. The zero-order chi connectivity index (χ0) is 25.0. The Morgan fingerprint density at radius 3 is 2.53 bits per heavy atom. The van der Waals surface area contributed by atoms with Crippen molar-refractivity contribution in [2.24, 2.45) is 7.05 Å². The summed E-state index contributed by atoms with van der Waals surface area (Å²) in [5.74, 6) is -1.10. The van der Waals surface area contributed by atoms with Crippen LogP contribution in [0.2, 0.25) is 0 Å². The molecule has 3 heterocycles. The molecule has 0 radical (unpaired) electrons. The highest BCUT2D eigenvalue weighted by atomic mass is 16.5. The number of aliphatic hydroxyl groups excluding tert-OH is 1. The fourth-order valence-electron chi connectivity index (χ4n) is 5.16. The number of para-hydroxylation sites is 2. The van der Waals surface area contributed by atoms with Crippen LogP contribution >= 0.6 is 0 Å². The summed E-state index contributed by atoms with van der Waals surface area (Å²) in [5.41, 5.74) is 3.55. The smallest absolute Gasteiger partial charge is 0.300 e. The minimum Gasteiger partial charge on any atom is -0.507 e. The molecular formula is C29H23N3O4. The van der Waals surface area contributed by atoms with Crippen molar-refractivity contribution in [2.75, 3.05) is 12.0 Å². The first-order valence-corrected chi connectivity index (χ1v) is 11.5. The predicted octanol–water partition coefficient (Wildman–Crippen LogP) is 5.29. The van der Waals surface area contributed by atoms with Crippen LogP contribution in [0, 0.1) is 0 Å². The van der Waals surface area contributed by atoms with Crippen molar-refractivity contribution >= 4 is 44.9 Å². The second kappa shape index (κ2) is 8.16. The van der Waals surface area contributed by atoms with Crippen LogP contribution in [0.15, 0.2) is 90.8 Å². The van der Waals surface area contributed by atoms with E-state index in [1.807, 2.05) is 66.3 Å². The molecule has 7 heteroatoms. The van der Waals surface area contributed by atoms with Crippen molar-refractivity contribution in [3.63, 3.8) is 0 Å². The summed E-state index contributed by atoms with van der Waals surface area (Å²) in [6.07, 6.45) is 3.58. The van der Waals surface area contributed by atoms with E-state index in [9.17, 15) is 14.7 Å². The number of amides is 1. The number of benzene rings is 3. The Hall–Kier alpha value is -4.78. The van der Waals surface area contributed by atoms with Crippen LogP contribution in [-0.4, -0.2) is 33.5 Å². The van der Waals surface area contributed by atoms with Gasteiger partial charge in [0.2, 0.25) is 0 Å². The third kappa shape index (κ3) is 3.13. The number of nitrogens with zero attached hydrogens (tertiary/aromatic N) is 2. The summed E-state index contributed by atoms with van der Waals surface area (Å²) in [5, 5.41) is 13.3. The summed E-state index contributed by atoms with van der Waals surface area (Å²) in [4.78, 5) is 31.7. The maximum absolute atomic E-state index is 13.6. The lowest BCUT2D eigenvalue weighted by molar-refractivity contribution is -0.132. The van der Waals surface area contributed by atoms with E-state index >= 15 is 0 Å². The zero-order valence-electron chi connectivity index (χ0n) is 19.7. The first kappa shape index (κ1) is 21.7. The number of aliphatic hydroxyl groups is 1. The van der Waals surface area contributed by atoms with Crippen molar-refractivity contribution in [1.29, 1.82) is 0 Å². The zero-order valence-corrected chi connectivity index (χ0v) is 19.7. The molecule has 2 aromatic heterocycles. The largest absolute Gasteiger partial charge is 0.507 e. The van der Waals surface area contributed by atoms with Crippen molar-refractivity contribution in [1.82, 2.24) is 9.55 Å². The van der Waals surface area contributed by atoms with Gasteiger partial charge < -0.3 is 19.4 Å². The van der Waals surface area contributed by atoms with Crippen LogP contribution in [0.5, 0.6) is 5.75 Å². The van der Waals surface area contributed by atoms with Gasteiger partial charge >= 0.3 is 0 Å². The lowest BCUT2D eigenvalue weighted by Crippen LogP contribution is -2.29. The number of fused-ring (bicyclic) bond motifs is 2. The number of aromatic amines is 1. The van der Waals surface area contributed by atoms with Crippen LogP contribution in [0.25, 0.3) is 27.6 Å². The number of aromatic nitrogens is 2. The van der Waals surface area contributed by atoms with Gasteiger partial charge in [0.1, 0.15) is 11.5 Å². The molecule has 0 aliphatic carbocycles. The molecule has 1 aliphatic heterocycles. The fourth-order valence-corrected chi connectivity index (χ4v) is 5.16. The van der Waals surface area contributed by atoms with Gasteiger partial charge in [-0.25, -0.2) is 0 Å². The topological polar surface area (TPSA) is 87.6 Å². The summed E-state index contributed by atoms with van der Waals surface area (Å²) >= 11 is 0. The number of methoxy groups -OCH3 is 1. The number of Topliss-reactive ketones (excluding diaryl/α,β-unsaturated/α-hetero) is 1. The number of anilines is 1. The van der Waals surface area contributed by atoms with Gasteiger partial charge in [-0.05, 0) is 24.3 Å².